The number of carbonyl (C=O) groups excluding carboxylic acids is 1. The molecule has 6 nitrogen and oxygen atoms in total. The Morgan fingerprint density at radius 3 is 3.00 bits per heavy atom. The second kappa shape index (κ2) is 7.19. The molecule has 2 bridgehead atoms. The van der Waals surface area contributed by atoms with Crippen molar-refractivity contribution < 1.29 is 9.53 Å². The quantitative estimate of drug-likeness (QED) is 0.798. The second-order valence-electron chi connectivity index (χ2n) is 7.52. The molecule has 0 radical (unpaired) electrons. The standard InChI is InChI=1S/C21H26N4O2/c1-3-13-12-25-9-7-14(13)10-19(25)20(24-21(22)26)16-6-8-23-18-5-4-15(27-2)11-17(16)18/h3-6,8,11,13-14,19-20H,1,7,9-10,12H2,2H3,(H3,22,24,26)/t13?,14?,19?,20-/m0/s1. The van der Waals surface area contributed by atoms with Crippen molar-refractivity contribution >= 4 is 16.9 Å². The summed E-state index contributed by atoms with van der Waals surface area (Å²) in [5, 5.41) is 4.00. The van der Waals surface area contributed by atoms with Crippen molar-refractivity contribution in [2.75, 3.05) is 20.2 Å². The minimum absolute atomic E-state index is 0.186. The fourth-order valence-electron chi connectivity index (χ4n) is 4.80. The van der Waals surface area contributed by atoms with Crippen molar-refractivity contribution in [2.45, 2.75) is 24.9 Å². The van der Waals surface area contributed by atoms with E-state index >= 15 is 0 Å². The first kappa shape index (κ1) is 17.8. The van der Waals surface area contributed by atoms with Crippen LogP contribution in [0.5, 0.6) is 5.75 Å². The normalized spacial score (nSPS) is 27.9. The number of primary amides is 1. The van der Waals surface area contributed by atoms with E-state index in [4.69, 9.17) is 10.5 Å². The maximum Gasteiger partial charge on any atom is 0.312 e. The van der Waals surface area contributed by atoms with E-state index in [0.717, 1.165) is 41.7 Å². The van der Waals surface area contributed by atoms with Gasteiger partial charge in [0, 0.05) is 24.2 Å². The van der Waals surface area contributed by atoms with Gasteiger partial charge < -0.3 is 15.8 Å². The molecule has 3 N–H and O–H groups in total. The molecule has 2 aromatic rings. The number of ether oxygens (including phenoxy) is 1. The van der Waals surface area contributed by atoms with Gasteiger partial charge in [-0.05, 0) is 61.1 Å². The number of benzene rings is 1. The summed E-state index contributed by atoms with van der Waals surface area (Å²) in [5.74, 6) is 1.91. The molecule has 3 aliphatic rings. The van der Waals surface area contributed by atoms with Crippen LogP contribution in [0.2, 0.25) is 0 Å². The van der Waals surface area contributed by atoms with Gasteiger partial charge in [0.1, 0.15) is 5.75 Å². The van der Waals surface area contributed by atoms with Gasteiger partial charge >= 0.3 is 6.03 Å². The minimum Gasteiger partial charge on any atom is -0.497 e. The molecule has 27 heavy (non-hydrogen) atoms. The third kappa shape index (κ3) is 3.25. The van der Waals surface area contributed by atoms with Gasteiger partial charge in [-0.25, -0.2) is 4.79 Å². The SMILES string of the molecule is C=CC1CN2CCC1CC2[C@@H](NC(N)=O)c1ccnc2ccc(OC)cc12. The Morgan fingerprint density at radius 2 is 2.33 bits per heavy atom. The molecule has 2 amide bonds. The number of nitrogens with two attached hydrogens (primary N) is 1. The molecule has 0 spiro atoms. The molecule has 4 unspecified atom stereocenters. The number of piperidine rings is 3. The Labute approximate surface area is 159 Å². The first-order chi connectivity index (χ1) is 13.1. The minimum atomic E-state index is -0.504. The zero-order valence-corrected chi connectivity index (χ0v) is 15.6. The number of urea groups is 1. The number of pyridine rings is 1. The number of hydrogen-bond donors (Lipinski definition) is 2. The number of nitrogens with one attached hydrogen (secondary N) is 1. The molecule has 0 aliphatic carbocycles. The van der Waals surface area contributed by atoms with Crippen molar-refractivity contribution in [3.05, 3.63) is 48.7 Å². The topological polar surface area (TPSA) is 80.5 Å². The van der Waals surface area contributed by atoms with Gasteiger partial charge in [-0.2, -0.15) is 0 Å². The van der Waals surface area contributed by atoms with Gasteiger partial charge in [-0.1, -0.05) is 6.08 Å². The molecular weight excluding hydrogens is 340 g/mol. The van der Waals surface area contributed by atoms with Crippen molar-refractivity contribution in [2.24, 2.45) is 17.6 Å². The Kier molecular flexibility index (Phi) is 4.74. The van der Waals surface area contributed by atoms with Gasteiger partial charge in [0.2, 0.25) is 0 Å². The smallest absolute Gasteiger partial charge is 0.312 e. The van der Waals surface area contributed by atoms with Gasteiger partial charge in [0.25, 0.3) is 0 Å². The summed E-state index contributed by atoms with van der Waals surface area (Å²) >= 11 is 0. The van der Waals surface area contributed by atoms with Crippen LogP contribution in [0.3, 0.4) is 0 Å². The van der Waals surface area contributed by atoms with E-state index in [0.29, 0.717) is 11.8 Å². The predicted molar refractivity (Wildman–Crippen MR) is 106 cm³/mol. The summed E-state index contributed by atoms with van der Waals surface area (Å²) in [6.45, 7) is 6.03. The lowest BCUT2D eigenvalue weighted by Gasteiger charge is -2.51. The van der Waals surface area contributed by atoms with Crippen LogP contribution in [0.15, 0.2) is 43.1 Å². The van der Waals surface area contributed by atoms with Gasteiger partial charge in [-0.3, -0.25) is 9.88 Å². The summed E-state index contributed by atoms with van der Waals surface area (Å²) in [5.41, 5.74) is 7.48. The lowest BCUT2D eigenvalue weighted by Crippen LogP contribution is -2.57. The van der Waals surface area contributed by atoms with Gasteiger partial charge in [-0.15, -0.1) is 6.58 Å². The fourth-order valence-corrected chi connectivity index (χ4v) is 4.80. The molecule has 6 heteroatoms. The van der Waals surface area contributed by atoms with E-state index in [1.54, 1.807) is 13.3 Å². The lowest BCUT2D eigenvalue weighted by atomic mass is 9.73. The van der Waals surface area contributed by atoms with Crippen molar-refractivity contribution in [1.82, 2.24) is 15.2 Å². The Bertz CT molecular complexity index is 868. The highest BCUT2D eigenvalue weighted by Crippen LogP contribution is 2.42. The first-order valence-corrected chi connectivity index (χ1v) is 9.46. The maximum absolute atomic E-state index is 11.8. The number of nitrogens with zero attached hydrogens (tertiary/aromatic N) is 2. The first-order valence-electron chi connectivity index (χ1n) is 9.46. The molecule has 1 aromatic carbocycles. The number of fused-ring (bicyclic) bond motifs is 4. The Hall–Kier alpha value is -2.60. The second-order valence-corrected chi connectivity index (χ2v) is 7.52. The monoisotopic (exact) mass is 366 g/mol. The molecule has 5 atom stereocenters. The van der Waals surface area contributed by atoms with E-state index in [2.05, 4.69) is 27.9 Å². The van der Waals surface area contributed by atoms with Crippen LogP contribution < -0.4 is 15.8 Å². The summed E-state index contributed by atoms with van der Waals surface area (Å²) < 4.78 is 5.40. The van der Waals surface area contributed by atoms with Crippen molar-refractivity contribution in [3.63, 3.8) is 0 Å². The molecule has 3 saturated heterocycles. The third-order valence-corrected chi connectivity index (χ3v) is 6.15. The fraction of sp³-hybridized carbons (Fsp3) is 0.429. The summed E-state index contributed by atoms with van der Waals surface area (Å²) in [6.07, 6.45) is 6.08. The zero-order chi connectivity index (χ0) is 19.0. The van der Waals surface area contributed by atoms with Crippen LogP contribution in [-0.4, -0.2) is 42.2 Å². The molecular formula is C21H26N4O2. The average Bonchev–Trinajstić information content (AvgIpc) is 2.71. The summed E-state index contributed by atoms with van der Waals surface area (Å²) in [4.78, 5) is 18.8. The largest absolute Gasteiger partial charge is 0.497 e. The number of amides is 2. The molecule has 3 aliphatic heterocycles. The summed E-state index contributed by atoms with van der Waals surface area (Å²) in [7, 11) is 1.65. The van der Waals surface area contributed by atoms with Crippen LogP contribution >= 0.6 is 0 Å². The molecule has 5 rings (SSSR count). The van der Waals surface area contributed by atoms with E-state index in [1.807, 2.05) is 24.3 Å². The maximum atomic E-state index is 11.8. The zero-order valence-electron chi connectivity index (χ0n) is 15.6. The van der Waals surface area contributed by atoms with Crippen LogP contribution in [0.25, 0.3) is 10.9 Å². The molecule has 0 saturated carbocycles. The van der Waals surface area contributed by atoms with Crippen LogP contribution in [0.4, 0.5) is 4.79 Å². The Morgan fingerprint density at radius 1 is 1.48 bits per heavy atom. The van der Waals surface area contributed by atoms with Gasteiger partial charge in [0.15, 0.2) is 0 Å². The van der Waals surface area contributed by atoms with E-state index in [-0.39, 0.29) is 12.1 Å². The van der Waals surface area contributed by atoms with Crippen LogP contribution in [0, 0.1) is 11.8 Å². The lowest BCUT2D eigenvalue weighted by molar-refractivity contribution is 0.00331. The number of hydrogen-bond acceptors (Lipinski definition) is 4. The molecule has 142 valence electrons. The Balaban J connectivity index is 1.76. The third-order valence-electron chi connectivity index (χ3n) is 6.15. The van der Waals surface area contributed by atoms with Crippen LogP contribution in [0.1, 0.15) is 24.4 Å². The highest BCUT2D eigenvalue weighted by molar-refractivity contribution is 5.85. The number of carbonyl (C=O) groups is 1. The number of methoxy groups -OCH3 is 1. The highest BCUT2D eigenvalue weighted by atomic mass is 16.5. The highest BCUT2D eigenvalue weighted by Gasteiger charge is 2.43. The van der Waals surface area contributed by atoms with E-state index in [9.17, 15) is 4.79 Å². The number of rotatable bonds is 5. The predicted octanol–water partition coefficient (Wildman–Crippen LogP) is 2.85. The van der Waals surface area contributed by atoms with Gasteiger partial charge in [0.05, 0.1) is 18.7 Å². The molecule has 3 fully saturated rings. The molecule has 1 aromatic heterocycles. The number of aromatic nitrogens is 1. The van der Waals surface area contributed by atoms with Crippen molar-refractivity contribution in [1.29, 1.82) is 0 Å². The van der Waals surface area contributed by atoms with Crippen molar-refractivity contribution in [3.8, 4) is 5.75 Å². The van der Waals surface area contributed by atoms with Crippen LogP contribution in [-0.2, 0) is 0 Å². The molecule has 4 heterocycles. The van der Waals surface area contributed by atoms with E-state index in [1.165, 1.54) is 6.42 Å². The van der Waals surface area contributed by atoms with E-state index < -0.39 is 6.03 Å². The summed E-state index contributed by atoms with van der Waals surface area (Å²) in [6, 6.07) is 7.33. The average molecular weight is 366 g/mol.